The Kier molecular flexibility index (Phi) is 5.20. The lowest BCUT2D eigenvalue weighted by molar-refractivity contribution is -0.140. The highest BCUT2D eigenvalue weighted by molar-refractivity contribution is 7.15. The van der Waals surface area contributed by atoms with Gasteiger partial charge in [-0.2, -0.15) is 0 Å². The Morgan fingerprint density at radius 3 is 2.29 bits per heavy atom. The van der Waals surface area contributed by atoms with Crippen LogP contribution in [0, 0.1) is 37.0 Å². The van der Waals surface area contributed by atoms with Crippen LogP contribution < -0.4 is 5.32 Å². The van der Waals surface area contributed by atoms with Crippen LogP contribution in [0.25, 0.3) is 11.1 Å². The Hall–Kier alpha value is -2.14. The lowest BCUT2D eigenvalue weighted by Crippen LogP contribution is -2.51. The minimum absolute atomic E-state index is 0.117. The number of carbonyl (C=O) groups excluding carboxylic acids is 2. The summed E-state index contributed by atoms with van der Waals surface area (Å²) in [7, 11) is 0. The molecule has 0 radical (unpaired) electrons. The lowest BCUT2D eigenvalue weighted by Gasteiger charge is -2.55. The van der Waals surface area contributed by atoms with Gasteiger partial charge in [0.2, 0.25) is 5.91 Å². The van der Waals surface area contributed by atoms with Crippen LogP contribution in [0.15, 0.2) is 23.6 Å². The maximum absolute atomic E-state index is 13.6. The van der Waals surface area contributed by atoms with E-state index in [0.29, 0.717) is 34.9 Å². The first-order valence-corrected chi connectivity index (χ1v) is 12.4. The molecule has 31 heavy (non-hydrogen) atoms. The average molecular weight is 438 g/mol. The second-order valence-electron chi connectivity index (χ2n) is 10.0. The molecular formula is C26H31NO3S. The summed E-state index contributed by atoms with van der Waals surface area (Å²) >= 11 is 1.44. The molecule has 4 nitrogen and oxygen atoms in total. The third-order valence-electron chi connectivity index (χ3n) is 7.69. The third-order valence-corrected chi connectivity index (χ3v) is 8.59. The van der Waals surface area contributed by atoms with Crippen molar-refractivity contribution in [2.75, 3.05) is 11.9 Å². The predicted molar refractivity (Wildman–Crippen MR) is 124 cm³/mol. The number of hydrogen-bond donors (Lipinski definition) is 1. The number of hydrogen-bond acceptors (Lipinski definition) is 4. The van der Waals surface area contributed by atoms with Gasteiger partial charge in [-0.25, -0.2) is 4.79 Å². The van der Waals surface area contributed by atoms with Crippen molar-refractivity contribution in [3.8, 4) is 11.1 Å². The van der Waals surface area contributed by atoms with Gasteiger partial charge in [-0.1, -0.05) is 23.8 Å². The van der Waals surface area contributed by atoms with E-state index >= 15 is 0 Å². The molecule has 1 heterocycles. The van der Waals surface area contributed by atoms with Crippen molar-refractivity contribution in [3.05, 3.63) is 40.3 Å². The topological polar surface area (TPSA) is 55.4 Å². The highest BCUT2D eigenvalue weighted by Crippen LogP contribution is 2.60. The molecule has 1 aromatic heterocycles. The van der Waals surface area contributed by atoms with E-state index in [0.717, 1.165) is 36.0 Å². The highest BCUT2D eigenvalue weighted by atomic mass is 32.1. The monoisotopic (exact) mass is 437 g/mol. The van der Waals surface area contributed by atoms with Crippen LogP contribution in [-0.4, -0.2) is 18.5 Å². The zero-order valence-electron chi connectivity index (χ0n) is 18.6. The van der Waals surface area contributed by atoms with Gasteiger partial charge >= 0.3 is 5.97 Å². The van der Waals surface area contributed by atoms with Crippen LogP contribution in [-0.2, 0) is 9.53 Å². The summed E-state index contributed by atoms with van der Waals surface area (Å²) in [5.41, 5.74) is 4.41. The molecule has 5 heteroatoms. The smallest absolute Gasteiger partial charge is 0.341 e. The lowest BCUT2D eigenvalue weighted by atomic mass is 9.49. The molecule has 164 valence electrons. The van der Waals surface area contributed by atoms with Crippen LogP contribution in [0.2, 0.25) is 0 Å². The maximum atomic E-state index is 13.6. The standard InChI is InChI=1S/C26H31NO3S/c1-4-30-24(28)22-21(20-6-5-15(2)7-16(20)3)14-31-23(22)27-25(29)26-11-17-8-18(12-26)10-19(9-17)13-26/h5-7,14,17-19H,4,8-13H2,1-3H3,(H,27,29). The molecule has 1 N–H and O–H groups in total. The highest BCUT2D eigenvalue weighted by Gasteiger charge is 2.54. The molecule has 6 rings (SSSR count). The van der Waals surface area contributed by atoms with Crippen LogP contribution in [0.1, 0.15) is 66.9 Å². The number of aryl methyl sites for hydroxylation is 2. The van der Waals surface area contributed by atoms with Crippen LogP contribution in [0.5, 0.6) is 0 Å². The van der Waals surface area contributed by atoms with Gasteiger partial charge < -0.3 is 10.1 Å². The Labute approximate surface area is 188 Å². The second-order valence-corrected chi connectivity index (χ2v) is 10.9. The van der Waals surface area contributed by atoms with Crippen molar-refractivity contribution < 1.29 is 14.3 Å². The van der Waals surface area contributed by atoms with Gasteiger partial charge in [0.15, 0.2) is 0 Å². The van der Waals surface area contributed by atoms with Gasteiger partial charge in [0.25, 0.3) is 0 Å². The number of anilines is 1. The largest absolute Gasteiger partial charge is 0.462 e. The molecule has 4 saturated carbocycles. The Morgan fingerprint density at radius 1 is 1.06 bits per heavy atom. The fourth-order valence-electron chi connectivity index (χ4n) is 6.79. The number of ether oxygens (including phenoxy) is 1. The number of nitrogens with one attached hydrogen (secondary N) is 1. The molecular weight excluding hydrogens is 406 g/mol. The van der Waals surface area contributed by atoms with E-state index in [1.807, 2.05) is 12.3 Å². The summed E-state index contributed by atoms with van der Waals surface area (Å²) in [6, 6.07) is 6.23. The summed E-state index contributed by atoms with van der Waals surface area (Å²) in [4.78, 5) is 26.6. The van der Waals surface area contributed by atoms with Crippen molar-refractivity contribution in [1.29, 1.82) is 0 Å². The van der Waals surface area contributed by atoms with Gasteiger partial charge in [0.05, 0.1) is 12.0 Å². The average Bonchev–Trinajstić information content (AvgIpc) is 3.10. The molecule has 1 amide bonds. The van der Waals surface area contributed by atoms with Crippen molar-refractivity contribution in [1.82, 2.24) is 0 Å². The first-order valence-electron chi connectivity index (χ1n) is 11.6. The first-order chi connectivity index (χ1) is 14.9. The maximum Gasteiger partial charge on any atom is 0.341 e. The number of thiophene rings is 1. The minimum atomic E-state index is -0.362. The molecule has 2 aromatic rings. The third kappa shape index (κ3) is 3.61. The summed E-state index contributed by atoms with van der Waals surface area (Å²) in [5, 5.41) is 5.83. The minimum Gasteiger partial charge on any atom is -0.462 e. The quantitative estimate of drug-likeness (QED) is 0.554. The zero-order valence-corrected chi connectivity index (χ0v) is 19.4. The van der Waals surface area contributed by atoms with Crippen molar-refractivity contribution in [2.24, 2.45) is 23.2 Å². The SMILES string of the molecule is CCOC(=O)c1c(-c2ccc(C)cc2C)csc1NC(=O)C12CC3CC(CC(C3)C1)C2. The fraction of sp³-hybridized carbons (Fsp3) is 0.538. The normalized spacial score (nSPS) is 28.5. The Balaban J connectivity index is 1.48. The van der Waals surface area contributed by atoms with E-state index in [9.17, 15) is 9.59 Å². The number of carbonyl (C=O) groups is 2. The van der Waals surface area contributed by atoms with Crippen LogP contribution in [0.3, 0.4) is 0 Å². The number of rotatable bonds is 5. The van der Waals surface area contributed by atoms with E-state index < -0.39 is 0 Å². The summed E-state index contributed by atoms with van der Waals surface area (Å²) in [6.07, 6.45) is 6.93. The molecule has 1 aromatic carbocycles. The molecule has 4 fully saturated rings. The number of esters is 1. The second kappa shape index (κ2) is 7.77. The fourth-order valence-corrected chi connectivity index (χ4v) is 7.74. The molecule has 0 saturated heterocycles. The van der Waals surface area contributed by atoms with Gasteiger partial charge in [-0.05, 0) is 88.2 Å². The zero-order chi connectivity index (χ0) is 21.8. The van der Waals surface area contributed by atoms with Gasteiger partial charge in [0.1, 0.15) is 10.6 Å². The van der Waals surface area contributed by atoms with E-state index in [-0.39, 0.29) is 17.3 Å². The van der Waals surface area contributed by atoms with Crippen molar-refractivity contribution >= 4 is 28.2 Å². The molecule has 4 bridgehead atoms. The first kappa shape index (κ1) is 20.7. The molecule has 0 spiro atoms. The summed E-state index contributed by atoms with van der Waals surface area (Å²) < 4.78 is 5.40. The van der Waals surface area contributed by atoms with Crippen LogP contribution >= 0.6 is 11.3 Å². The van der Waals surface area contributed by atoms with Crippen molar-refractivity contribution in [2.45, 2.75) is 59.3 Å². The van der Waals surface area contributed by atoms with E-state index in [2.05, 4.69) is 37.4 Å². The molecule has 0 aliphatic heterocycles. The Morgan fingerprint density at radius 2 is 1.71 bits per heavy atom. The van der Waals surface area contributed by atoms with Crippen molar-refractivity contribution in [3.63, 3.8) is 0 Å². The molecule has 0 unspecified atom stereocenters. The predicted octanol–water partition coefficient (Wildman–Crippen LogP) is 6.36. The summed E-state index contributed by atoms with van der Waals surface area (Å²) in [5.74, 6) is 1.87. The number of amides is 1. The van der Waals surface area contributed by atoms with Gasteiger partial charge in [-0.3, -0.25) is 4.79 Å². The van der Waals surface area contributed by atoms with E-state index in [1.165, 1.54) is 36.2 Å². The summed E-state index contributed by atoms with van der Waals surface area (Å²) in [6.45, 7) is 6.24. The Bertz CT molecular complexity index is 1000. The van der Waals surface area contributed by atoms with Crippen LogP contribution in [0.4, 0.5) is 5.00 Å². The van der Waals surface area contributed by atoms with E-state index in [1.54, 1.807) is 0 Å². The van der Waals surface area contributed by atoms with Gasteiger partial charge in [0, 0.05) is 10.9 Å². The molecule has 0 atom stereocenters. The molecule has 4 aliphatic carbocycles. The molecule has 4 aliphatic rings. The van der Waals surface area contributed by atoms with E-state index in [4.69, 9.17) is 4.74 Å². The number of benzene rings is 1. The van der Waals surface area contributed by atoms with Gasteiger partial charge in [-0.15, -0.1) is 11.3 Å².